The third kappa shape index (κ3) is 3.88. The summed E-state index contributed by atoms with van der Waals surface area (Å²) in [5, 5.41) is 16.1. The van der Waals surface area contributed by atoms with E-state index in [0.29, 0.717) is 19.2 Å². The van der Waals surface area contributed by atoms with E-state index in [1.54, 1.807) is 0 Å². The number of rotatable bonds is 6. The van der Waals surface area contributed by atoms with Crippen LogP contribution in [0, 0.1) is 15.9 Å². The number of nitrogens with zero attached hydrogens (tertiary/aromatic N) is 1. The molecule has 8 heteroatoms. The van der Waals surface area contributed by atoms with E-state index in [9.17, 15) is 19.3 Å². The third-order valence-corrected chi connectivity index (χ3v) is 2.40. The van der Waals surface area contributed by atoms with E-state index in [-0.39, 0.29) is 11.3 Å². The molecule has 1 amide bonds. The summed E-state index contributed by atoms with van der Waals surface area (Å²) >= 11 is 0. The third-order valence-electron chi connectivity index (χ3n) is 2.40. The molecule has 0 aromatic heterocycles. The lowest BCUT2D eigenvalue weighted by Gasteiger charge is -2.08. The van der Waals surface area contributed by atoms with Gasteiger partial charge in [-0.25, -0.2) is 4.39 Å². The predicted octanol–water partition coefficient (Wildman–Crippen LogP) is 0.655. The van der Waals surface area contributed by atoms with Gasteiger partial charge in [0.25, 0.3) is 11.6 Å². The zero-order valence-electron chi connectivity index (χ0n) is 10.4. The molecule has 0 aliphatic heterocycles. The van der Waals surface area contributed by atoms with Gasteiger partial charge in [0.1, 0.15) is 11.5 Å². The van der Waals surface area contributed by atoms with Gasteiger partial charge in [-0.05, 0) is 12.6 Å². The zero-order chi connectivity index (χ0) is 14.4. The quantitative estimate of drug-likeness (QED) is 0.304. The van der Waals surface area contributed by atoms with Gasteiger partial charge >= 0.3 is 0 Å². The van der Waals surface area contributed by atoms with Gasteiger partial charge in [-0.1, -0.05) is 6.92 Å². The standard InChI is InChI=1S/C11H15FN4O3/c1-2-14-3-4-15-11(17)8-5-7(12)6-9(10(8)13)16(18)19/h5-6,14H,2-4,13H2,1H3,(H,15,17). The molecule has 1 aromatic rings. The number of likely N-dealkylation sites (N-methyl/N-ethyl adjacent to an activating group) is 1. The van der Waals surface area contributed by atoms with E-state index in [1.807, 2.05) is 6.92 Å². The number of anilines is 1. The number of hydrogen-bond acceptors (Lipinski definition) is 5. The molecule has 0 radical (unpaired) electrons. The van der Waals surface area contributed by atoms with Crippen molar-refractivity contribution >= 4 is 17.3 Å². The van der Waals surface area contributed by atoms with Crippen LogP contribution in [0.2, 0.25) is 0 Å². The Morgan fingerprint density at radius 1 is 1.47 bits per heavy atom. The van der Waals surface area contributed by atoms with E-state index in [1.165, 1.54) is 0 Å². The van der Waals surface area contributed by atoms with Crippen molar-refractivity contribution in [3.63, 3.8) is 0 Å². The van der Waals surface area contributed by atoms with Crippen molar-refractivity contribution in [3.05, 3.63) is 33.6 Å². The van der Waals surface area contributed by atoms with Crippen LogP contribution in [0.5, 0.6) is 0 Å². The maximum absolute atomic E-state index is 13.2. The summed E-state index contributed by atoms with van der Waals surface area (Å²) in [7, 11) is 0. The number of benzene rings is 1. The SMILES string of the molecule is CCNCCNC(=O)c1cc(F)cc([N+](=O)[O-])c1N. The monoisotopic (exact) mass is 270 g/mol. The molecule has 0 fully saturated rings. The van der Waals surface area contributed by atoms with Gasteiger partial charge in [-0.15, -0.1) is 0 Å². The molecule has 0 aliphatic carbocycles. The van der Waals surface area contributed by atoms with Crippen LogP contribution < -0.4 is 16.4 Å². The Bertz CT molecular complexity index is 493. The first-order valence-electron chi connectivity index (χ1n) is 5.69. The van der Waals surface area contributed by atoms with Gasteiger partial charge in [0.2, 0.25) is 0 Å². The highest BCUT2D eigenvalue weighted by atomic mass is 19.1. The summed E-state index contributed by atoms with van der Waals surface area (Å²) in [6.45, 7) is 3.52. The fraction of sp³-hybridized carbons (Fsp3) is 0.364. The Morgan fingerprint density at radius 2 is 2.16 bits per heavy atom. The lowest BCUT2D eigenvalue weighted by atomic mass is 10.1. The number of carbonyl (C=O) groups excluding carboxylic acids is 1. The highest BCUT2D eigenvalue weighted by molar-refractivity contribution is 6.01. The second-order valence-corrected chi connectivity index (χ2v) is 3.75. The Labute approximate surface area is 109 Å². The van der Waals surface area contributed by atoms with Gasteiger partial charge in [0, 0.05) is 13.1 Å². The van der Waals surface area contributed by atoms with Crippen LogP contribution in [0.1, 0.15) is 17.3 Å². The van der Waals surface area contributed by atoms with Crippen molar-refractivity contribution < 1.29 is 14.1 Å². The highest BCUT2D eigenvalue weighted by Gasteiger charge is 2.21. The first kappa shape index (κ1) is 14.8. The normalized spacial score (nSPS) is 10.2. The topological polar surface area (TPSA) is 110 Å². The summed E-state index contributed by atoms with van der Waals surface area (Å²) in [6.07, 6.45) is 0. The van der Waals surface area contributed by atoms with E-state index >= 15 is 0 Å². The van der Waals surface area contributed by atoms with Gasteiger partial charge in [-0.2, -0.15) is 0 Å². The molecule has 1 aromatic carbocycles. The Morgan fingerprint density at radius 3 is 2.74 bits per heavy atom. The molecule has 0 saturated carbocycles. The number of halogens is 1. The van der Waals surface area contributed by atoms with Crippen molar-refractivity contribution in [3.8, 4) is 0 Å². The number of nitro benzene ring substituents is 1. The molecule has 7 nitrogen and oxygen atoms in total. The lowest BCUT2D eigenvalue weighted by Crippen LogP contribution is -2.32. The minimum atomic E-state index is -0.877. The van der Waals surface area contributed by atoms with Gasteiger partial charge < -0.3 is 16.4 Å². The highest BCUT2D eigenvalue weighted by Crippen LogP contribution is 2.26. The molecule has 4 N–H and O–H groups in total. The summed E-state index contributed by atoms with van der Waals surface area (Å²) < 4.78 is 13.2. The molecule has 0 spiro atoms. The summed E-state index contributed by atoms with van der Waals surface area (Å²) in [6, 6.07) is 1.57. The molecular weight excluding hydrogens is 255 g/mol. The second-order valence-electron chi connectivity index (χ2n) is 3.75. The maximum Gasteiger partial charge on any atom is 0.295 e. The zero-order valence-corrected chi connectivity index (χ0v) is 10.4. The molecule has 0 saturated heterocycles. The molecule has 0 bridgehead atoms. The number of hydrogen-bond donors (Lipinski definition) is 3. The summed E-state index contributed by atoms with van der Waals surface area (Å²) in [5.41, 5.74) is 4.31. The van der Waals surface area contributed by atoms with E-state index in [2.05, 4.69) is 10.6 Å². The Kier molecular flexibility index (Phi) is 5.19. The second kappa shape index (κ2) is 6.64. The van der Waals surface area contributed by atoms with E-state index in [4.69, 9.17) is 5.73 Å². The fourth-order valence-corrected chi connectivity index (χ4v) is 1.48. The van der Waals surface area contributed by atoms with Crippen molar-refractivity contribution in [2.45, 2.75) is 6.92 Å². The fourth-order valence-electron chi connectivity index (χ4n) is 1.48. The van der Waals surface area contributed by atoms with Crippen LogP contribution in [0.15, 0.2) is 12.1 Å². The van der Waals surface area contributed by atoms with Crippen molar-refractivity contribution in [2.24, 2.45) is 0 Å². The summed E-state index contributed by atoms with van der Waals surface area (Å²) in [5.74, 6) is -1.52. The van der Waals surface area contributed by atoms with Crippen LogP contribution in [-0.2, 0) is 0 Å². The molecule has 0 atom stereocenters. The van der Waals surface area contributed by atoms with Gasteiger partial charge in [0.15, 0.2) is 0 Å². The molecular formula is C11H15FN4O3. The van der Waals surface area contributed by atoms with Crippen LogP contribution >= 0.6 is 0 Å². The largest absolute Gasteiger partial charge is 0.393 e. The molecule has 1 rings (SSSR count). The summed E-state index contributed by atoms with van der Waals surface area (Å²) in [4.78, 5) is 21.6. The van der Waals surface area contributed by atoms with Crippen molar-refractivity contribution in [1.29, 1.82) is 0 Å². The first-order chi connectivity index (χ1) is 8.97. The molecule has 0 unspecified atom stereocenters. The Balaban J connectivity index is 2.88. The lowest BCUT2D eigenvalue weighted by molar-refractivity contribution is -0.384. The van der Waals surface area contributed by atoms with E-state index in [0.717, 1.165) is 12.6 Å². The minimum Gasteiger partial charge on any atom is -0.393 e. The van der Waals surface area contributed by atoms with Gasteiger partial charge in [-0.3, -0.25) is 14.9 Å². The van der Waals surface area contributed by atoms with Crippen LogP contribution in [0.3, 0.4) is 0 Å². The number of nitrogens with one attached hydrogen (secondary N) is 2. The first-order valence-corrected chi connectivity index (χ1v) is 5.69. The predicted molar refractivity (Wildman–Crippen MR) is 68.3 cm³/mol. The van der Waals surface area contributed by atoms with Crippen molar-refractivity contribution in [1.82, 2.24) is 10.6 Å². The molecule has 0 heterocycles. The molecule has 104 valence electrons. The smallest absolute Gasteiger partial charge is 0.295 e. The number of carbonyl (C=O) groups is 1. The van der Waals surface area contributed by atoms with Crippen LogP contribution in [0.4, 0.5) is 15.8 Å². The van der Waals surface area contributed by atoms with Crippen LogP contribution in [-0.4, -0.2) is 30.5 Å². The van der Waals surface area contributed by atoms with Gasteiger partial charge in [0.05, 0.1) is 16.6 Å². The Hall–Kier alpha value is -2.22. The number of amides is 1. The number of nitrogens with two attached hydrogens (primary N) is 1. The minimum absolute atomic E-state index is 0.233. The van der Waals surface area contributed by atoms with Crippen LogP contribution in [0.25, 0.3) is 0 Å². The average molecular weight is 270 g/mol. The molecule has 19 heavy (non-hydrogen) atoms. The maximum atomic E-state index is 13.2. The van der Waals surface area contributed by atoms with E-state index < -0.39 is 22.3 Å². The number of nitrogen functional groups attached to an aromatic ring is 1. The molecule has 0 aliphatic rings. The average Bonchev–Trinajstić information content (AvgIpc) is 2.36. The van der Waals surface area contributed by atoms with Crippen molar-refractivity contribution in [2.75, 3.05) is 25.4 Å². The number of nitro groups is 1.